The van der Waals surface area contributed by atoms with E-state index >= 15 is 0 Å². The summed E-state index contributed by atoms with van der Waals surface area (Å²) in [6.45, 7) is 3.50. The van der Waals surface area contributed by atoms with Gasteiger partial charge in [-0.15, -0.1) is 0 Å². The maximum atomic E-state index is 11.5. The summed E-state index contributed by atoms with van der Waals surface area (Å²) >= 11 is 0. The number of aliphatic hydroxyl groups excluding tert-OH is 4. The molecule has 8 nitrogen and oxygen atoms in total. The van der Waals surface area contributed by atoms with Gasteiger partial charge >= 0.3 is 11.9 Å². The minimum absolute atomic E-state index is 0.0804. The van der Waals surface area contributed by atoms with E-state index in [1.165, 1.54) is 0 Å². The van der Waals surface area contributed by atoms with E-state index in [1.54, 1.807) is 13.8 Å². The van der Waals surface area contributed by atoms with E-state index < -0.39 is 48.6 Å². The lowest BCUT2D eigenvalue weighted by Gasteiger charge is -2.42. The van der Waals surface area contributed by atoms with Gasteiger partial charge in [0.05, 0.1) is 0 Å². The molecule has 0 aliphatic heterocycles. The predicted molar refractivity (Wildman–Crippen MR) is 73.6 cm³/mol. The molecule has 0 aromatic rings. The largest absolute Gasteiger partial charge is 0.457 e. The maximum Gasteiger partial charge on any atom is 0.306 e. The molecule has 6 atom stereocenters. The summed E-state index contributed by atoms with van der Waals surface area (Å²) in [7, 11) is 0. The standard InChI is InChI=1S/C14H24O8/c1-3-5-7(15)21-13-9(17)11(19)14(12(20)10(13)18)22-8(16)6-4-2/h9-14,17-20H,3-6H2,1-2H3/t9-,10-,11-,12+,13?,14?/m0/s1. The number of ether oxygens (including phenoxy) is 2. The third-order valence-electron chi connectivity index (χ3n) is 3.49. The Morgan fingerprint density at radius 2 is 1.00 bits per heavy atom. The molecule has 8 heteroatoms. The summed E-state index contributed by atoms with van der Waals surface area (Å²) in [4.78, 5) is 22.9. The van der Waals surface area contributed by atoms with Crippen molar-refractivity contribution in [1.29, 1.82) is 0 Å². The summed E-state index contributed by atoms with van der Waals surface area (Å²) < 4.78 is 9.80. The van der Waals surface area contributed by atoms with Crippen molar-refractivity contribution in [2.45, 2.75) is 76.2 Å². The molecule has 0 bridgehead atoms. The Hall–Kier alpha value is -1.22. The molecule has 1 aliphatic rings. The Morgan fingerprint density at radius 3 is 1.23 bits per heavy atom. The van der Waals surface area contributed by atoms with Crippen molar-refractivity contribution in [3.63, 3.8) is 0 Å². The Bertz CT molecular complexity index is 333. The van der Waals surface area contributed by atoms with Crippen LogP contribution in [0, 0.1) is 0 Å². The SMILES string of the molecule is CCCC(=O)OC1[C@@H](O)[C@H](O)C(OC(=O)CCC)[C@H](O)[C@@H]1O. The normalized spacial score (nSPS) is 35.0. The van der Waals surface area contributed by atoms with Gasteiger partial charge in [-0.2, -0.15) is 0 Å². The lowest BCUT2D eigenvalue weighted by atomic mass is 9.84. The van der Waals surface area contributed by atoms with Crippen LogP contribution in [0.2, 0.25) is 0 Å². The van der Waals surface area contributed by atoms with Gasteiger partial charge in [0, 0.05) is 12.8 Å². The van der Waals surface area contributed by atoms with E-state index in [9.17, 15) is 30.0 Å². The zero-order valence-electron chi connectivity index (χ0n) is 12.7. The fourth-order valence-electron chi connectivity index (χ4n) is 2.29. The molecule has 1 aliphatic carbocycles. The first-order valence-corrected chi connectivity index (χ1v) is 7.44. The number of hydrogen-bond donors (Lipinski definition) is 4. The minimum atomic E-state index is -1.67. The van der Waals surface area contributed by atoms with E-state index in [4.69, 9.17) is 9.47 Å². The zero-order chi connectivity index (χ0) is 16.9. The predicted octanol–water partition coefficient (Wildman–Crippen LogP) is -1.13. The van der Waals surface area contributed by atoms with Crippen molar-refractivity contribution in [2.75, 3.05) is 0 Å². The van der Waals surface area contributed by atoms with Gasteiger partial charge in [0.2, 0.25) is 0 Å². The Morgan fingerprint density at radius 1 is 0.727 bits per heavy atom. The summed E-state index contributed by atoms with van der Waals surface area (Å²) in [6, 6.07) is 0. The molecule has 0 aromatic carbocycles. The zero-order valence-corrected chi connectivity index (χ0v) is 12.7. The molecule has 22 heavy (non-hydrogen) atoms. The summed E-state index contributed by atoms with van der Waals surface area (Å²) in [5.41, 5.74) is 0. The Balaban J connectivity index is 2.78. The van der Waals surface area contributed by atoms with Crippen LogP contribution in [0.15, 0.2) is 0 Å². The average Bonchev–Trinajstić information content (AvgIpc) is 2.47. The van der Waals surface area contributed by atoms with Gasteiger partial charge in [-0.1, -0.05) is 13.8 Å². The maximum absolute atomic E-state index is 11.5. The Kier molecular flexibility index (Phi) is 7.21. The molecule has 1 saturated carbocycles. The second kappa shape index (κ2) is 8.42. The van der Waals surface area contributed by atoms with Gasteiger partial charge in [0.15, 0.2) is 12.2 Å². The quantitative estimate of drug-likeness (QED) is 0.452. The second-order valence-electron chi connectivity index (χ2n) is 5.37. The molecule has 0 radical (unpaired) electrons. The van der Waals surface area contributed by atoms with Crippen LogP contribution < -0.4 is 0 Å². The highest BCUT2D eigenvalue weighted by atomic mass is 16.6. The first-order valence-electron chi connectivity index (χ1n) is 7.44. The minimum Gasteiger partial charge on any atom is -0.457 e. The van der Waals surface area contributed by atoms with E-state index in [0.717, 1.165) is 0 Å². The fourth-order valence-corrected chi connectivity index (χ4v) is 2.29. The van der Waals surface area contributed by atoms with Gasteiger partial charge in [-0.05, 0) is 12.8 Å². The van der Waals surface area contributed by atoms with Crippen molar-refractivity contribution in [1.82, 2.24) is 0 Å². The van der Waals surface area contributed by atoms with Crippen LogP contribution in [0.1, 0.15) is 39.5 Å². The highest BCUT2D eigenvalue weighted by Crippen LogP contribution is 2.26. The van der Waals surface area contributed by atoms with Gasteiger partial charge < -0.3 is 29.9 Å². The molecule has 4 N–H and O–H groups in total. The second-order valence-corrected chi connectivity index (χ2v) is 5.37. The number of carbonyl (C=O) groups excluding carboxylic acids is 2. The van der Waals surface area contributed by atoms with Crippen LogP contribution in [-0.4, -0.2) is 69.0 Å². The molecular formula is C14H24O8. The first kappa shape index (κ1) is 18.8. The summed E-state index contributed by atoms with van der Waals surface area (Å²) in [5, 5.41) is 39.9. The number of carbonyl (C=O) groups is 2. The first-order chi connectivity index (χ1) is 10.3. The fraction of sp³-hybridized carbons (Fsp3) is 0.857. The highest BCUT2D eigenvalue weighted by molar-refractivity contribution is 5.70. The van der Waals surface area contributed by atoms with E-state index in [1.807, 2.05) is 0 Å². The third-order valence-corrected chi connectivity index (χ3v) is 3.49. The van der Waals surface area contributed by atoms with Gasteiger partial charge in [-0.3, -0.25) is 9.59 Å². The van der Waals surface area contributed by atoms with Crippen molar-refractivity contribution in [3.05, 3.63) is 0 Å². The summed E-state index contributed by atoms with van der Waals surface area (Å²) in [5.74, 6) is -1.32. The van der Waals surface area contributed by atoms with Crippen molar-refractivity contribution in [2.24, 2.45) is 0 Å². The molecule has 0 aromatic heterocycles. The molecular weight excluding hydrogens is 296 g/mol. The van der Waals surface area contributed by atoms with Crippen LogP contribution in [0.3, 0.4) is 0 Å². The highest BCUT2D eigenvalue weighted by Gasteiger charge is 2.52. The van der Waals surface area contributed by atoms with Crippen molar-refractivity contribution < 1.29 is 39.5 Å². The lowest BCUT2D eigenvalue weighted by molar-refractivity contribution is -0.241. The van der Waals surface area contributed by atoms with Crippen molar-refractivity contribution in [3.8, 4) is 0 Å². The molecule has 1 fully saturated rings. The smallest absolute Gasteiger partial charge is 0.306 e. The van der Waals surface area contributed by atoms with Gasteiger partial charge in [-0.25, -0.2) is 0 Å². The molecule has 2 unspecified atom stereocenters. The van der Waals surface area contributed by atoms with Gasteiger partial charge in [0.25, 0.3) is 0 Å². The van der Waals surface area contributed by atoms with Crippen LogP contribution in [0.5, 0.6) is 0 Å². The van der Waals surface area contributed by atoms with Crippen LogP contribution in [-0.2, 0) is 19.1 Å². The molecule has 0 amide bonds. The monoisotopic (exact) mass is 320 g/mol. The van der Waals surface area contributed by atoms with E-state index in [0.29, 0.717) is 12.8 Å². The van der Waals surface area contributed by atoms with Crippen LogP contribution in [0.4, 0.5) is 0 Å². The number of aliphatic hydroxyl groups is 4. The van der Waals surface area contributed by atoms with Gasteiger partial charge in [0.1, 0.15) is 24.4 Å². The molecule has 0 saturated heterocycles. The number of rotatable bonds is 6. The lowest BCUT2D eigenvalue weighted by Crippen LogP contribution is -2.65. The van der Waals surface area contributed by atoms with Crippen LogP contribution in [0.25, 0.3) is 0 Å². The van der Waals surface area contributed by atoms with E-state index in [-0.39, 0.29) is 12.8 Å². The number of hydrogen-bond acceptors (Lipinski definition) is 8. The van der Waals surface area contributed by atoms with E-state index in [2.05, 4.69) is 0 Å². The third kappa shape index (κ3) is 4.39. The average molecular weight is 320 g/mol. The molecule has 1 rings (SSSR count). The molecule has 0 heterocycles. The van der Waals surface area contributed by atoms with Crippen molar-refractivity contribution >= 4 is 11.9 Å². The summed E-state index contributed by atoms with van der Waals surface area (Å²) in [6.07, 6.45) is -8.45. The molecule has 128 valence electrons. The topological polar surface area (TPSA) is 134 Å². The van der Waals surface area contributed by atoms with Crippen LogP contribution >= 0.6 is 0 Å². The Labute approximate surface area is 128 Å². The number of esters is 2. The molecule has 0 spiro atoms.